The van der Waals surface area contributed by atoms with Crippen molar-refractivity contribution in [3.05, 3.63) is 101 Å². The number of aliphatic hydroxyl groups is 1. The van der Waals surface area contributed by atoms with Crippen molar-refractivity contribution >= 4 is 17.4 Å². The lowest BCUT2D eigenvalue weighted by atomic mass is 9.95. The van der Waals surface area contributed by atoms with Crippen LogP contribution in [0, 0.1) is 0 Å². The zero-order valence-electron chi connectivity index (χ0n) is 17.9. The molecule has 0 saturated carbocycles. The largest absolute Gasteiger partial charge is 0.507 e. The van der Waals surface area contributed by atoms with Crippen LogP contribution < -0.4 is 4.74 Å². The highest BCUT2D eigenvalue weighted by atomic mass is 16.5. The number of likely N-dealkylation sites (tertiary alicyclic amines) is 1. The number of amides is 1. The van der Waals surface area contributed by atoms with Crippen molar-refractivity contribution in [3.8, 4) is 5.75 Å². The molecule has 1 aliphatic rings. The summed E-state index contributed by atoms with van der Waals surface area (Å²) < 4.78 is 5.65. The van der Waals surface area contributed by atoms with E-state index in [4.69, 9.17) is 4.74 Å². The van der Waals surface area contributed by atoms with Crippen LogP contribution in [0.5, 0.6) is 5.75 Å². The van der Waals surface area contributed by atoms with Crippen LogP contribution >= 0.6 is 0 Å². The summed E-state index contributed by atoms with van der Waals surface area (Å²) in [7, 11) is 0. The number of aromatic nitrogens is 1. The van der Waals surface area contributed by atoms with Gasteiger partial charge in [0, 0.05) is 24.5 Å². The maximum absolute atomic E-state index is 13.1. The maximum Gasteiger partial charge on any atom is 0.295 e. The Morgan fingerprint density at radius 1 is 1.03 bits per heavy atom. The predicted molar refractivity (Wildman–Crippen MR) is 121 cm³/mol. The number of ketones is 1. The lowest BCUT2D eigenvalue weighted by molar-refractivity contribution is -0.140. The quantitative estimate of drug-likeness (QED) is 0.355. The van der Waals surface area contributed by atoms with Crippen molar-refractivity contribution in [1.29, 1.82) is 0 Å². The predicted octanol–water partition coefficient (Wildman–Crippen LogP) is 4.49. The fourth-order valence-electron chi connectivity index (χ4n) is 3.83. The lowest BCUT2D eigenvalue weighted by Gasteiger charge is -2.25. The van der Waals surface area contributed by atoms with E-state index in [1.54, 1.807) is 42.7 Å². The summed E-state index contributed by atoms with van der Waals surface area (Å²) in [4.78, 5) is 31.7. The van der Waals surface area contributed by atoms with E-state index in [0.29, 0.717) is 11.3 Å². The third-order valence-corrected chi connectivity index (χ3v) is 5.23. The molecule has 0 unspecified atom stereocenters. The Morgan fingerprint density at radius 2 is 1.75 bits per heavy atom. The van der Waals surface area contributed by atoms with Gasteiger partial charge in [0.1, 0.15) is 11.5 Å². The number of rotatable bonds is 6. The second-order valence-electron chi connectivity index (χ2n) is 7.89. The summed E-state index contributed by atoms with van der Waals surface area (Å²) >= 11 is 0. The van der Waals surface area contributed by atoms with E-state index in [9.17, 15) is 14.7 Å². The number of Topliss-reactive ketones (excluding diaryl/α,β-unsaturated/α-hetero) is 1. The van der Waals surface area contributed by atoms with E-state index in [2.05, 4.69) is 4.98 Å². The molecule has 162 valence electrons. The Hall–Kier alpha value is -3.93. The van der Waals surface area contributed by atoms with Crippen LogP contribution in [0.3, 0.4) is 0 Å². The number of carbonyl (C=O) groups excluding carboxylic acids is 2. The highest BCUT2D eigenvalue weighted by Gasteiger charge is 2.46. The van der Waals surface area contributed by atoms with Crippen molar-refractivity contribution < 1.29 is 19.4 Å². The van der Waals surface area contributed by atoms with Crippen LogP contribution in [-0.4, -0.2) is 32.8 Å². The number of benzene rings is 2. The molecule has 3 aromatic rings. The molecule has 2 aromatic carbocycles. The molecule has 4 rings (SSSR count). The molecule has 6 nitrogen and oxygen atoms in total. The molecular formula is C26H24N2O4. The van der Waals surface area contributed by atoms with E-state index < -0.39 is 17.7 Å². The van der Waals surface area contributed by atoms with E-state index in [1.807, 2.05) is 50.2 Å². The Kier molecular flexibility index (Phi) is 6.03. The minimum Gasteiger partial charge on any atom is -0.507 e. The zero-order chi connectivity index (χ0) is 22.7. The molecule has 1 N–H and O–H groups in total. The second kappa shape index (κ2) is 9.06. The Balaban J connectivity index is 1.78. The van der Waals surface area contributed by atoms with Crippen molar-refractivity contribution in [2.75, 3.05) is 0 Å². The fourth-order valence-corrected chi connectivity index (χ4v) is 3.83. The Bertz CT molecular complexity index is 1140. The minimum atomic E-state index is -0.706. The second-order valence-corrected chi connectivity index (χ2v) is 7.89. The van der Waals surface area contributed by atoms with Crippen molar-refractivity contribution in [1.82, 2.24) is 9.88 Å². The van der Waals surface area contributed by atoms with Crippen LogP contribution in [0.4, 0.5) is 0 Å². The van der Waals surface area contributed by atoms with Gasteiger partial charge in [-0.15, -0.1) is 0 Å². The Morgan fingerprint density at radius 3 is 2.38 bits per heavy atom. The third kappa shape index (κ3) is 4.25. The average molecular weight is 428 g/mol. The summed E-state index contributed by atoms with van der Waals surface area (Å²) in [6.07, 6.45) is 3.33. The highest BCUT2D eigenvalue weighted by Crippen LogP contribution is 2.40. The molecule has 6 heteroatoms. The fraction of sp³-hybridized carbons (Fsp3) is 0.192. The number of hydrogen-bond acceptors (Lipinski definition) is 5. The maximum atomic E-state index is 13.1. The van der Waals surface area contributed by atoms with Gasteiger partial charge in [0.05, 0.1) is 17.7 Å². The van der Waals surface area contributed by atoms with Crippen LogP contribution in [0.1, 0.15) is 36.6 Å². The van der Waals surface area contributed by atoms with Gasteiger partial charge >= 0.3 is 0 Å². The van der Waals surface area contributed by atoms with Gasteiger partial charge in [-0.05, 0) is 55.3 Å². The van der Waals surface area contributed by atoms with Gasteiger partial charge in [0.2, 0.25) is 0 Å². The zero-order valence-corrected chi connectivity index (χ0v) is 17.9. The number of nitrogens with zero attached hydrogens (tertiary/aromatic N) is 2. The van der Waals surface area contributed by atoms with Gasteiger partial charge in [0.15, 0.2) is 0 Å². The van der Waals surface area contributed by atoms with Crippen molar-refractivity contribution in [2.45, 2.75) is 32.5 Å². The van der Waals surface area contributed by atoms with E-state index in [0.717, 1.165) is 11.1 Å². The van der Waals surface area contributed by atoms with Crippen molar-refractivity contribution in [2.24, 2.45) is 0 Å². The Labute approximate surface area is 186 Å². The standard InChI is InChI=1S/C26H24N2O4/c1-17(2)32-21-12-10-20(11-13-21)24(29)22-23(19-8-4-3-5-9-19)28(26(31)25(22)30)16-18-7-6-14-27-15-18/h3-15,17,23,29H,16H2,1-2H3/t23-/m1/s1. The first-order valence-corrected chi connectivity index (χ1v) is 10.4. The van der Waals surface area contributed by atoms with Gasteiger partial charge in [-0.3, -0.25) is 14.6 Å². The molecule has 1 aliphatic heterocycles. The molecule has 1 atom stereocenters. The SMILES string of the molecule is CC(C)Oc1ccc(C(O)=C2C(=O)C(=O)N(Cc3cccnc3)[C@@H]2c2ccccc2)cc1. The molecule has 0 spiro atoms. The van der Waals surface area contributed by atoms with E-state index >= 15 is 0 Å². The summed E-state index contributed by atoms with van der Waals surface area (Å²) in [5, 5.41) is 11.1. The molecule has 1 saturated heterocycles. The number of carbonyl (C=O) groups is 2. The van der Waals surface area contributed by atoms with Gasteiger partial charge in [-0.2, -0.15) is 0 Å². The molecule has 0 radical (unpaired) electrons. The first-order chi connectivity index (χ1) is 15.5. The molecule has 32 heavy (non-hydrogen) atoms. The first kappa shape index (κ1) is 21.3. The van der Waals surface area contributed by atoms with Gasteiger partial charge < -0.3 is 14.7 Å². The molecule has 1 amide bonds. The number of pyridine rings is 1. The lowest BCUT2D eigenvalue weighted by Crippen LogP contribution is -2.29. The summed E-state index contributed by atoms with van der Waals surface area (Å²) in [5.74, 6) is -0.901. The van der Waals surface area contributed by atoms with Crippen LogP contribution in [-0.2, 0) is 16.1 Å². The van der Waals surface area contributed by atoms with E-state index in [-0.39, 0.29) is 24.0 Å². The summed E-state index contributed by atoms with van der Waals surface area (Å²) in [6, 6.07) is 19.0. The molecule has 0 aliphatic carbocycles. The number of ether oxygens (including phenoxy) is 1. The first-order valence-electron chi connectivity index (χ1n) is 10.4. The normalized spacial score (nSPS) is 17.7. The molecular weight excluding hydrogens is 404 g/mol. The molecule has 1 aromatic heterocycles. The highest BCUT2D eigenvalue weighted by molar-refractivity contribution is 6.46. The number of aliphatic hydroxyl groups excluding tert-OH is 1. The summed E-state index contributed by atoms with van der Waals surface area (Å²) in [6.45, 7) is 4.06. The van der Waals surface area contributed by atoms with Crippen LogP contribution in [0.15, 0.2) is 84.7 Å². The van der Waals surface area contributed by atoms with Crippen LogP contribution in [0.2, 0.25) is 0 Å². The molecule has 1 fully saturated rings. The molecule has 2 heterocycles. The van der Waals surface area contributed by atoms with Gasteiger partial charge in [0.25, 0.3) is 11.7 Å². The minimum absolute atomic E-state index is 0.0188. The topological polar surface area (TPSA) is 79.7 Å². The van der Waals surface area contributed by atoms with Gasteiger partial charge in [-0.1, -0.05) is 36.4 Å². The summed E-state index contributed by atoms with van der Waals surface area (Å²) in [5.41, 5.74) is 2.06. The third-order valence-electron chi connectivity index (χ3n) is 5.23. The van der Waals surface area contributed by atoms with E-state index in [1.165, 1.54) is 4.90 Å². The monoisotopic (exact) mass is 428 g/mol. The molecule has 0 bridgehead atoms. The van der Waals surface area contributed by atoms with Gasteiger partial charge in [-0.25, -0.2) is 0 Å². The number of hydrogen-bond donors (Lipinski definition) is 1. The van der Waals surface area contributed by atoms with Crippen molar-refractivity contribution in [3.63, 3.8) is 0 Å². The van der Waals surface area contributed by atoms with Crippen LogP contribution in [0.25, 0.3) is 5.76 Å². The smallest absolute Gasteiger partial charge is 0.295 e. The average Bonchev–Trinajstić information content (AvgIpc) is 3.05.